The number of phosphoric acid groups is 2. The molecule has 0 spiro atoms. The molecule has 2 aromatic rings. The first-order chi connectivity index (χ1) is 45.3. The molecule has 542 valence electrons. The van der Waals surface area contributed by atoms with E-state index in [1.54, 1.807) is 18.2 Å². The number of ether oxygens (including phenoxy) is 5. The van der Waals surface area contributed by atoms with Gasteiger partial charge in [-0.1, -0.05) is 245 Å². The number of ketones is 1. The Labute approximate surface area is 620 Å². The number of aliphatic hydroxyl groups is 1. The van der Waals surface area contributed by atoms with E-state index in [9.17, 15) is 58.2 Å². The molecule has 2 aromatic carbocycles. The van der Waals surface area contributed by atoms with E-state index >= 15 is 0 Å². The van der Waals surface area contributed by atoms with E-state index in [0.717, 1.165) is 103 Å². The maximum absolute atomic E-state index is 12.8. The van der Waals surface area contributed by atoms with Gasteiger partial charge in [0.2, 0.25) is 0 Å². The molecule has 0 saturated heterocycles. The van der Waals surface area contributed by atoms with Crippen LogP contribution in [0.1, 0.15) is 300 Å². The number of phenolic OH excluding ortho intramolecular Hbond substituents is 2. The van der Waals surface area contributed by atoms with Crippen LogP contribution < -0.4 is 73.6 Å². The van der Waals surface area contributed by atoms with Gasteiger partial charge >= 0.3 is 83.0 Å². The maximum atomic E-state index is 12.8. The minimum Gasteiger partial charge on any atom is -0.756 e. The Morgan fingerprint density at radius 3 is 1.00 bits per heavy atom. The largest absolute Gasteiger partial charge is 1.00 e. The van der Waals surface area contributed by atoms with Gasteiger partial charge in [0.25, 0.3) is 15.6 Å². The third kappa shape index (κ3) is 54.3. The summed E-state index contributed by atoms with van der Waals surface area (Å²) < 4.78 is 71.6. The molecule has 0 aliphatic heterocycles. The number of benzene rings is 2. The molecule has 0 amide bonds. The van der Waals surface area contributed by atoms with Crippen LogP contribution in [0.15, 0.2) is 42.5 Å². The number of esters is 4. The van der Waals surface area contributed by atoms with Crippen LogP contribution in [-0.2, 0) is 65.4 Å². The molecule has 4 atom stereocenters. The number of hydrogen-bond acceptors (Lipinski definition) is 21. The summed E-state index contributed by atoms with van der Waals surface area (Å²) >= 11 is 0. The number of rotatable bonds is 61. The first-order valence-corrected chi connectivity index (χ1v) is 38.5. The third-order valence-electron chi connectivity index (χ3n) is 15.7. The summed E-state index contributed by atoms with van der Waals surface area (Å²) in [4.78, 5) is 88.4. The number of phosphoric ester groups is 2. The second-order valence-electron chi connectivity index (χ2n) is 24.4. The zero-order chi connectivity index (χ0) is 69.3. The standard InChI is InChI=1S/C57H110O17P2.C14H12O4.2Na/c1-5-9-13-17-21-25-29-33-37-41-54(59)67-47-52(73-56(61)43-39-35-31-27-23-19-15-11-7-3)49-71-75(63,64)69-45-51(58)46-70-76(65,66)72-50-53(74-57(62)44-40-36-32-28-24-20-16-12-8-4)48-68-55(60)42-38-34-30-26-22-18-14-10-6-2;1-18-9-6-7-11(13(16)8-9)14(17)10-4-2-3-5-12(10)15;;/h51-53,58H,5-50H2,1-4H3,(H,63,64)(H,65,66);2-8,15-16H,1H3;;/q;;2*+1/p-2. The van der Waals surface area contributed by atoms with Gasteiger partial charge in [0.05, 0.1) is 44.7 Å². The van der Waals surface area contributed by atoms with Crippen molar-refractivity contribution in [3.05, 3.63) is 53.6 Å². The van der Waals surface area contributed by atoms with Crippen LogP contribution in [0.3, 0.4) is 0 Å². The van der Waals surface area contributed by atoms with E-state index in [2.05, 4.69) is 27.7 Å². The summed E-state index contributed by atoms with van der Waals surface area (Å²) in [6, 6.07) is 10.6. The molecule has 96 heavy (non-hydrogen) atoms. The first kappa shape index (κ1) is 95.6. The van der Waals surface area contributed by atoms with Crippen molar-refractivity contribution in [3.8, 4) is 17.2 Å². The molecular formula is C71H120Na2O21P2. The predicted octanol–water partition coefficient (Wildman–Crippen LogP) is 10.3. The smallest absolute Gasteiger partial charge is 0.756 e. The Kier molecular flexibility index (Phi) is 63.2. The van der Waals surface area contributed by atoms with Gasteiger partial charge in [0, 0.05) is 31.7 Å². The maximum Gasteiger partial charge on any atom is 1.00 e. The predicted molar refractivity (Wildman–Crippen MR) is 360 cm³/mol. The molecular weight excluding hydrogens is 1300 g/mol. The minimum absolute atomic E-state index is 0. The van der Waals surface area contributed by atoms with Crippen LogP contribution in [0.5, 0.6) is 17.2 Å². The van der Waals surface area contributed by atoms with Crippen molar-refractivity contribution in [1.82, 2.24) is 0 Å². The van der Waals surface area contributed by atoms with Crippen LogP contribution >= 0.6 is 15.6 Å². The molecule has 25 heteroatoms. The van der Waals surface area contributed by atoms with Gasteiger partial charge in [-0.2, -0.15) is 0 Å². The normalized spacial score (nSPS) is 13.2. The average molecular weight is 1420 g/mol. The van der Waals surface area contributed by atoms with Crippen molar-refractivity contribution in [2.75, 3.05) is 46.8 Å². The zero-order valence-electron chi connectivity index (χ0n) is 59.9. The minimum atomic E-state index is -5.20. The Balaban J connectivity index is 0. The van der Waals surface area contributed by atoms with Crippen LogP contribution in [-0.4, -0.2) is 110 Å². The van der Waals surface area contributed by atoms with E-state index in [1.165, 1.54) is 134 Å². The van der Waals surface area contributed by atoms with E-state index in [1.807, 2.05) is 0 Å². The molecule has 4 unspecified atom stereocenters. The summed E-state index contributed by atoms with van der Waals surface area (Å²) in [6.07, 6.45) is 34.2. The van der Waals surface area contributed by atoms with E-state index in [-0.39, 0.29) is 107 Å². The fraction of sp³-hybridized carbons (Fsp3) is 0.761. The van der Waals surface area contributed by atoms with Gasteiger partial charge in [-0.05, 0) is 49.9 Å². The molecule has 0 fully saturated rings. The Morgan fingerprint density at radius 2 is 0.688 bits per heavy atom. The SMILES string of the molecule is CCCCCCCCCCCC(=O)OCC(COP(=O)([O-])OCC(O)COP(=O)([O-])OCC(COC(=O)CCCCCCCCCCC)OC(=O)CCCCCCCCCCC)OC(=O)CCCCCCCCCCC.COc1ccc(C(=O)c2ccccc2O)c(O)c1.[Na+].[Na+]. The van der Waals surface area contributed by atoms with Crippen molar-refractivity contribution in [1.29, 1.82) is 0 Å². The zero-order valence-corrected chi connectivity index (χ0v) is 65.7. The number of carbonyl (C=O) groups is 5. The number of hydrogen-bond donors (Lipinski definition) is 3. The molecule has 0 aliphatic rings. The number of para-hydroxylation sites is 1. The number of carbonyl (C=O) groups excluding carboxylic acids is 5. The number of methoxy groups -OCH3 is 1. The van der Waals surface area contributed by atoms with Gasteiger partial charge in [-0.3, -0.25) is 33.1 Å². The Hall–Kier alpha value is -2.43. The van der Waals surface area contributed by atoms with Crippen molar-refractivity contribution < 1.29 is 159 Å². The van der Waals surface area contributed by atoms with Gasteiger partial charge in [0.1, 0.15) is 36.6 Å². The molecule has 0 aromatic heterocycles. The Morgan fingerprint density at radius 1 is 0.396 bits per heavy atom. The fourth-order valence-electron chi connectivity index (χ4n) is 10.0. The summed E-state index contributed by atoms with van der Waals surface area (Å²) in [6.45, 7) is 4.36. The van der Waals surface area contributed by atoms with E-state index < -0.39 is 103 Å². The van der Waals surface area contributed by atoms with E-state index in [4.69, 9.17) is 41.8 Å². The monoisotopic (exact) mass is 1420 g/mol. The van der Waals surface area contributed by atoms with Crippen LogP contribution in [0.4, 0.5) is 0 Å². The molecule has 0 bridgehead atoms. The molecule has 2 rings (SSSR count). The van der Waals surface area contributed by atoms with E-state index in [0.29, 0.717) is 31.4 Å². The number of aromatic hydroxyl groups is 2. The summed E-state index contributed by atoms with van der Waals surface area (Å²) in [5.41, 5.74) is 0.273. The quantitative estimate of drug-likeness (QED) is 0.0138. The fourth-order valence-corrected chi connectivity index (χ4v) is 11.6. The third-order valence-corrected chi connectivity index (χ3v) is 17.5. The van der Waals surface area contributed by atoms with Crippen molar-refractivity contribution in [2.45, 2.75) is 303 Å². The van der Waals surface area contributed by atoms with Gasteiger partial charge in [0.15, 0.2) is 18.0 Å². The van der Waals surface area contributed by atoms with Crippen LogP contribution in [0, 0.1) is 0 Å². The summed E-state index contributed by atoms with van der Waals surface area (Å²) in [5, 5.41) is 29.8. The number of unbranched alkanes of at least 4 members (excludes halogenated alkanes) is 32. The van der Waals surface area contributed by atoms with Crippen molar-refractivity contribution in [3.63, 3.8) is 0 Å². The second kappa shape index (κ2) is 63.5. The average Bonchev–Trinajstić information content (AvgIpc) is 0.845. The van der Waals surface area contributed by atoms with Crippen LogP contribution in [0.25, 0.3) is 0 Å². The van der Waals surface area contributed by atoms with Crippen molar-refractivity contribution >= 4 is 45.3 Å². The number of phenols is 2. The summed E-state index contributed by atoms with van der Waals surface area (Å²) in [7, 11) is -8.92. The summed E-state index contributed by atoms with van der Waals surface area (Å²) in [5.74, 6) is -2.51. The molecule has 0 saturated carbocycles. The van der Waals surface area contributed by atoms with Crippen molar-refractivity contribution in [2.24, 2.45) is 0 Å². The molecule has 0 heterocycles. The molecule has 0 aliphatic carbocycles. The van der Waals surface area contributed by atoms with Crippen LogP contribution in [0.2, 0.25) is 0 Å². The van der Waals surface area contributed by atoms with Gasteiger partial charge < -0.3 is 66.9 Å². The molecule has 21 nitrogen and oxygen atoms in total. The Bertz CT molecular complexity index is 2280. The molecule has 3 N–H and O–H groups in total. The topological polar surface area (TPSA) is 309 Å². The molecule has 0 radical (unpaired) electrons. The second-order valence-corrected chi connectivity index (χ2v) is 27.2. The first-order valence-electron chi connectivity index (χ1n) is 35.6. The van der Waals surface area contributed by atoms with Gasteiger partial charge in [-0.25, -0.2) is 0 Å². The number of aliphatic hydroxyl groups excluding tert-OH is 1. The van der Waals surface area contributed by atoms with Gasteiger partial charge in [-0.15, -0.1) is 0 Å².